The molecule has 3 aromatic heterocycles. The highest BCUT2D eigenvalue weighted by Gasteiger charge is 2.19. The zero-order chi connectivity index (χ0) is 19.9. The van der Waals surface area contributed by atoms with E-state index in [9.17, 15) is 9.59 Å². The molecule has 1 atom stereocenters. The number of nitrogens with one attached hydrogen (secondary N) is 2. The maximum atomic E-state index is 12.5. The molecule has 2 N–H and O–H groups in total. The minimum Gasteiger partial charge on any atom is -0.485 e. The summed E-state index contributed by atoms with van der Waals surface area (Å²) in [6.45, 7) is 1.92. The van der Waals surface area contributed by atoms with Gasteiger partial charge in [0.15, 0.2) is 11.6 Å². The first-order valence-electron chi connectivity index (χ1n) is 8.36. The third-order valence-corrected chi connectivity index (χ3v) is 5.32. The zero-order valence-corrected chi connectivity index (χ0v) is 17.3. The van der Waals surface area contributed by atoms with Crippen LogP contribution in [0.15, 0.2) is 58.8 Å². The first kappa shape index (κ1) is 20.0. The average Bonchev–Trinajstić information content (AvgIpc) is 3.14. The fraction of sp³-hybridized carbons (Fsp3) is 0.158. The normalized spacial score (nSPS) is 11.5. The number of ether oxygens (including phenoxy) is 1. The standard InChI is InChI=1S/C19H17BrN4O3S/c1-12(23-19(26)15-4-5-16(20)28-15)18(25)24-17-14(3-2-8-22-17)27-11-13-6-9-21-10-7-13/h2-10,12H,11H2,1H3,(H,23,26)(H,22,24,25). The zero-order valence-electron chi connectivity index (χ0n) is 14.9. The monoisotopic (exact) mass is 460 g/mol. The van der Waals surface area contributed by atoms with E-state index in [-0.39, 0.29) is 5.91 Å². The van der Waals surface area contributed by atoms with Crippen LogP contribution in [0.5, 0.6) is 5.75 Å². The van der Waals surface area contributed by atoms with Crippen molar-refractivity contribution >= 4 is 44.9 Å². The van der Waals surface area contributed by atoms with E-state index in [1.807, 2.05) is 12.1 Å². The number of nitrogens with zero attached hydrogens (tertiary/aromatic N) is 2. The van der Waals surface area contributed by atoms with Gasteiger partial charge in [-0.2, -0.15) is 0 Å². The number of thiophene rings is 1. The van der Waals surface area contributed by atoms with Gasteiger partial charge >= 0.3 is 0 Å². The van der Waals surface area contributed by atoms with Crippen molar-refractivity contribution in [2.75, 3.05) is 5.32 Å². The van der Waals surface area contributed by atoms with Gasteiger partial charge in [-0.1, -0.05) is 0 Å². The predicted octanol–water partition coefficient (Wildman–Crippen LogP) is 3.64. The van der Waals surface area contributed by atoms with Crippen molar-refractivity contribution in [1.29, 1.82) is 0 Å². The molecule has 9 heteroatoms. The van der Waals surface area contributed by atoms with Crippen LogP contribution in [-0.2, 0) is 11.4 Å². The van der Waals surface area contributed by atoms with Gasteiger partial charge in [0.1, 0.15) is 12.6 Å². The van der Waals surface area contributed by atoms with E-state index in [1.54, 1.807) is 49.8 Å². The Morgan fingerprint density at radius 3 is 2.68 bits per heavy atom. The fourth-order valence-corrected chi connectivity index (χ4v) is 3.52. The van der Waals surface area contributed by atoms with Crippen LogP contribution >= 0.6 is 27.3 Å². The van der Waals surface area contributed by atoms with Crippen LogP contribution in [-0.4, -0.2) is 27.8 Å². The minimum absolute atomic E-state index is 0.293. The molecule has 0 aromatic carbocycles. The van der Waals surface area contributed by atoms with Crippen molar-refractivity contribution in [2.45, 2.75) is 19.6 Å². The van der Waals surface area contributed by atoms with E-state index in [0.717, 1.165) is 9.35 Å². The largest absolute Gasteiger partial charge is 0.485 e. The molecule has 0 saturated heterocycles. The Bertz CT molecular complexity index is 965. The van der Waals surface area contributed by atoms with Crippen molar-refractivity contribution in [3.8, 4) is 5.75 Å². The number of halogens is 1. The molecule has 0 aliphatic heterocycles. The van der Waals surface area contributed by atoms with Crippen molar-refractivity contribution < 1.29 is 14.3 Å². The van der Waals surface area contributed by atoms with Crippen LogP contribution in [0.1, 0.15) is 22.2 Å². The molecule has 0 bridgehead atoms. The maximum absolute atomic E-state index is 12.5. The summed E-state index contributed by atoms with van der Waals surface area (Å²) in [7, 11) is 0. The van der Waals surface area contributed by atoms with E-state index in [2.05, 4.69) is 36.5 Å². The van der Waals surface area contributed by atoms with Crippen LogP contribution in [0.25, 0.3) is 0 Å². The van der Waals surface area contributed by atoms with E-state index in [4.69, 9.17) is 4.74 Å². The number of anilines is 1. The topological polar surface area (TPSA) is 93.2 Å². The Morgan fingerprint density at radius 2 is 1.96 bits per heavy atom. The third-order valence-electron chi connectivity index (χ3n) is 3.69. The molecule has 0 saturated carbocycles. The second-order valence-corrected chi connectivity index (χ2v) is 8.25. The highest BCUT2D eigenvalue weighted by atomic mass is 79.9. The lowest BCUT2D eigenvalue weighted by atomic mass is 10.3. The Morgan fingerprint density at radius 1 is 1.18 bits per heavy atom. The van der Waals surface area contributed by atoms with Gasteiger partial charge in [-0.15, -0.1) is 11.3 Å². The minimum atomic E-state index is -0.747. The molecule has 1 unspecified atom stereocenters. The van der Waals surface area contributed by atoms with Crippen molar-refractivity contribution in [2.24, 2.45) is 0 Å². The molecular weight excluding hydrogens is 444 g/mol. The summed E-state index contributed by atoms with van der Waals surface area (Å²) < 4.78 is 6.61. The van der Waals surface area contributed by atoms with Crippen molar-refractivity contribution in [1.82, 2.24) is 15.3 Å². The molecule has 3 rings (SSSR count). The van der Waals surface area contributed by atoms with Gasteiger partial charge in [0.2, 0.25) is 5.91 Å². The molecular formula is C19H17BrN4O3S. The lowest BCUT2D eigenvalue weighted by molar-refractivity contribution is -0.117. The summed E-state index contributed by atoms with van der Waals surface area (Å²) >= 11 is 4.61. The molecule has 2 amide bonds. The fourth-order valence-electron chi connectivity index (χ4n) is 2.24. The SMILES string of the molecule is CC(NC(=O)c1ccc(Br)s1)C(=O)Nc1ncccc1OCc1ccncc1. The van der Waals surface area contributed by atoms with Crippen LogP contribution < -0.4 is 15.4 Å². The summed E-state index contributed by atoms with van der Waals surface area (Å²) in [5.74, 6) is 0.0277. The van der Waals surface area contributed by atoms with Gasteiger partial charge in [-0.05, 0) is 64.8 Å². The lowest BCUT2D eigenvalue weighted by Crippen LogP contribution is -2.41. The first-order valence-corrected chi connectivity index (χ1v) is 9.97. The van der Waals surface area contributed by atoms with Gasteiger partial charge in [0.25, 0.3) is 5.91 Å². The molecule has 28 heavy (non-hydrogen) atoms. The summed E-state index contributed by atoms with van der Waals surface area (Å²) in [5, 5.41) is 5.37. The Balaban J connectivity index is 1.61. The first-order chi connectivity index (χ1) is 13.5. The molecule has 3 heterocycles. The molecule has 0 aliphatic rings. The highest BCUT2D eigenvalue weighted by Crippen LogP contribution is 2.23. The molecule has 0 spiro atoms. The van der Waals surface area contributed by atoms with E-state index < -0.39 is 11.9 Å². The van der Waals surface area contributed by atoms with E-state index in [0.29, 0.717) is 23.1 Å². The number of amides is 2. The number of carbonyl (C=O) groups excluding carboxylic acids is 2. The molecule has 0 radical (unpaired) electrons. The quantitative estimate of drug-likeness (QED) is 0.561. The van der Waals surface area contributed by atoms with Crippen molar-refractivity contribution in [3.63, 3.8) is 0 Å². The highest BCUT2D eigenvalue weighted by molar-refractivity contribution is 9.11. The van der Waals surface area contributed by atoms with Crippen molar-refractivity contribution in [3.05, 3.63) is 69.2 Å². The van der Waals surface area contributed by atoms with Crippen LogP contribution in [0, 0.1) is 0 Å². The number of pyridine rings is 2. The average molecular weight is 461 g/mol. The van der Waals surface area contributed by atoms with E-state index >= 15 is 0 Å². The third kappa shape index (κ3) is 5.37. The Kier molecular flexibility index (Phi) is 6.72. The summed E-state index contributed by atoms with van der Waals surface area (Å²) in [6, 6.07) is 9.85. The lowest BCUT2D eigenvalue weighted by Gasteiger charge is -2.15. The van der Waals surface area contributed by atoms with Gasteiger partial charge in [0, 0.05) is 18.6 Å². The second-order valence-electron chi connectivity index (χ2n) is 5.78. The van der Waals surface area contributed by atoms with E-state index in [1.165, 1.54) is 11.3 Å². The van der Waals surface area contributed by atoms with Crippen LogP contribution in [0.2, 0.25) is 0 Å². The number of hydrogen-bond donors (Lipinski definition) is 2. The molecule has 7 nitrogen and oxygen atoms in total. The van der Waals surface area contributed by atoms with Crippen LogP contribution in [0.3, 0.4) is 0 Å². The number of carbonyl (C=O) groups is 2. The van der Waals surface area contributed by atoms with Gasteiger partial charge in [-0.25, -0.2) is 4.98 Å². The second kappa shape index (κ2) is 9.43. The van der Waals surface area contributed by atoms with Gasteiger partial charge in [-0.3, -0.25) is 14.6 Å². The molecule has 144 valence electrons. The van der Waals surface area contributed by atoms with Gasteiger partial charge in [0.05, 0.1) is 8.66 Å². The number of aromatic nitrogens is 2. The van der Waals surface area contributed by atoms with Crippen LogP contribution in [0.4, 0.5) is 5.82 Å². The summed E-state index contributed by atoms with van der Waals surface area (Å²) in [6.07, 6.45) is 4.92. The Hall–Kier alpha value is -2.78. The molecule has 0 fully saturated rings. The smallest absolute Gasteiger partial charge is 0.262 e. The van der Waals surface area contributed by atoms with Gasteiger partial charge < -0.3 is 15.4 Å². The summed E-state index contributed by atoms with van der Waals surface area (Å²) in [5.41, 5.74) is 0.943. The maximum Gasteiger partial charge on any atom is 0.262 e. The Labute approximate surface area is 174 Å². The molecule has 0 aliphatic carbocycles. The number of hydrogen-bond acceptors (Lipinski definition) is 6. The summed E-state index contributed by atoms with van der Waals surface area (Å²) in [4.78, 5) is 33.3. The predicted molar refractivity (Wildman–Crippen MR) is 110 cm³/mol. The number of rotatable bonds is 7. The molecule has 3 aromatic rings.